The molecule has 1 aromatic carbocycles. The lowest BCUT2D eigenvalue weighted by atomic mass is 9.98. The summed E-state index contributed by atoms with van der Waals surface area (Å²) in [4.78, 5) is 14.8. The van der Waals surface area contributed by atoms with Crippen LogP contribution in [0, 0.1) is 11.3 Å². The second-order valence-electron chi connectivity index (χ2n) is 6.66. The van der Waals surface area contributed by atoms with Gasteiger partial charge in [-0.15, -0.1) is 0 Å². The van der Waals surface area contributed by atoms with E-state index in [0.29, 0.717) is 23.7 Å². The number of benzene rings is 1. The summed E-state index contributed by atoms with van der Waals surface area (Å²) in [6.07, 6.45) is 6.29. The number of aliphatic hydroxyl groups is 1. The molecule has 2 fully saturated rings. The minimum Gasteiger partial charge on any atom is -0.391 e. The van der Waals surface area contributed by atoms with Crippen molar-refractivity contribution in [3.05, 3.63) is 53.9 Å². The van der Waals surface area contributed by atoms with E-state index in [1.165, 1.54) is 0 Å². The van der Waals surface area contributed by atoms with Crippen LogP contribution in [0.3, 0.4) is 0 Å². The number of Topliss-reactive ketones (excluding diaryl/α,β-unsaturated/α-hetero) is 1. The minimum absolute atomic E-state index is 0.0911. The molecular weight excluding hydrogens is 302 g/mol. The van der Waals surface area contributed by atoms with Crippen molar-refractivity contribution in [2.45, 2.75) is 37.5 Å². The Morgan fingerprint density at radius 3 is 2.67 bits per heavy atom. The molecule has 2 aromatic rings. The monoisotopic (exact) mass is 321 g/mol. The van der Waals surface area contributed by atoms with E-state index in [2.05, 4.69) is 11.0 Å². The van der Waals surface area contributed by atoms with Gasteiger partial charge in [0.05, 0.1) is 24.3 Å². The summed E-state index contributed by atoms with van der Waals surface area (Å²) in [6.45, 7) is 0.379. The number of hydrogen-bond acceptors (Lipinski definition) is 4. The van der Waals surface area contributed by atoms with Crippen LogP contribution in [0.25, 0.3) is 5.69 Å². The van der Waals surface area contributed by atoms with Crippen LogP contribution in [-0.4, -0.2) is 45.1 Å². The Labute approximate surface area is 140 Å². The molecule has 3 atom stereocenters. The van der Waals surface area contributed by atoms with Crippen molar-refractivity contribution in [3.8, 4) is 11.8 Å². The maximum Gasteiger partial charge on any atom is 0.178 e. The van der Waals surface area contributed by atoms with Gasteiger partial charge in [-0.3, -0.25) is 9.69 Å². The lowest BCUT2D eigenvalue weighted by Gasteiger charge is -2.20. The second-order valence-corrected chi connectivity index (χ2v) is 6.66. The number of nitriles is 1. The van der Waals surface area contributed by atoms with Gasteiger partial charge in [-0.2, -0.15) is 5.26 Å². The molecule has 122 valence electrons. The highest BCUT2D eigenvalue weighted by atomic mass is 16.3. The number of carbonyl (C=O) groups excluding carboxylic acids is 1. The van der Waals surface area contributed by atoms with Crippen LogP contribution in [0.5, 0.6) is 0 Å². The van der Waals surface area contributed by atoms with Gasteiger partial charge in [-0.25, -0.2) is 0 Å². The Bertz CT molecular complexity index is 803. The Morgan fingerprint density at radius 2 is 2.04 bits per heavy atom. The zero-order chi connectivity index (χ0) is 16.7. The van der Waals surface area contributed by atoms with Gasteiger partial charge in [0.2, 0.25) is 0 Å². The maximum absolute atomic E-state index is 12.6. The molecule has 2 aliphatic heterocycles. The molecule has 0 amide bonds. The number of carbonyl (C=O) groups is 1. The van der Waals surface area contributed by atoms with Crippen molar-refractivity contribution in [2.24, 2.45) is 0 Å². The van der Waals surface area contributed by atoms with E-state index in [1.807, 2.05) is 35.2 Å². The molecule has 3 heterocycles. The van der Waals surface area contributed by atoms with Crippen LogP contribution in [0.15, 0.2) is 42.7 Å². The summed E-state index contributed by atoms with van der Waals surface area (Å²) in [6, 6.07) is 11.7. The van der Waals surface area contributed by atoms with Crippen LogP contribution < -0.4 is 0 Å². The molecule has 2 aliphatic rings. The van der Waals surface area contributed by atoms with E-state index < -0.39 is 0 Å². The highest BCUT2D eigenvalue weighted by Crippen LogP contribution is 2.37. The third-order valence-corrected chi connectivity index (χ3v) is 5.28. The lowest BCUT2D eigenvalue weighted by molar-refractivity contribution is 0.0874. The van der Waals surface area contributed by atoms with Crippen LogP contribution in [0.1, 0.15) is 35.2 Å². The fraction of sp³-hybridized carbons (Fsp3) is 0.368. The average Bonchev–Trinajstić information content (AvgIpc) is 3.30. The first-order valence-electron chi connectivity index (χ1n) is 8.31. The number of rotatable bonds is 4. The third-order valence-electron chi connectivity index (χ3n) is 5.28. The minimum atomic E-state index is -0.278. The van der Waals surface area contributed by atoms with Crippen LogP contribution >= 0.6 is 0 Å². The van der Waals surface area contributed by atoms with Crippen molar-refractivity contribution in [2.75, 3.05) is 6.54 Å². The Balaban J connectivity index is 1.48. The Morgan fingerprint density at radius 1 is 1.25 bits per heavy atom. The molecule has 0 aliphatic carbocycles. The highest BCUT2D eigenvalue weighted by molar-refractivity contribution is 5.97. The van der Waals surface area contributed by atoms with Gasteiger partial charge in [-0.1, -0.05) is 0 Å². The van der Waals surface area contributed by atoms with Crippen LogP contribution in [0.4, 0.5) is 0 Å². The number of aromatic nitrogens is 1. The number of fused-ring (bicyclic) bond motifs is 2. The van der Waals surface area contributed by atoms with Crippen molar-refractivity contribution < 1.29 is 9.90 Å². The Hall–Kier alpha value is -2.42. The van der Waals surface area contributed by atoms with Crippen molar-refractivity contribution in [3.63, 3.8) is 0 Å². The predicted octanol–water partition coefficient (Wildman–Crippen LogP) is 2.13. The van der Waals surface area contributed by atoms with E-state index in [9.17, 15) is 9.90 Å². The molecule has 5 nitrogen and oxygen atoms in total. The van der Waals surface area contributed by atoms with Gasteiger partial charge in [0, 0.05) is 35.7 Å². The molecule has 0 spiro atoms. The fourth-order valence-corrected chi connectivity index (χ4v) is 4.00. The molecule has 2 bridgehead atoms. The first-order chi connectivity index (χ1) is 11.7. The Kier molecular flexibility index (Phi) is 3.72. The van der Waals surface area contributed by atoms with Crippen molar-refractivity contribution >= 4 is 5.78 Å². The van der Waals surface area contributed by atoms with Gasteiger partial charge in [0.25, 0.3) is 0 Å². The predicted molar refractivity (Wildman–Crippen MR) is 89.0 cm³/mol. The molecule has 5 heteroatoms. The van der Waals surface area contributed by atoms with E-state index >= 15 is 0 Å². The number of aliphatic hydroxyl groups excluding tert-OH is 1. The smallest absolute Gasteiger partial charge is 0.178 e. The number of nitrogens with zero attached hydrogens (tertiary/aromatic N) is 3. The van der Waals surface area contributed by atoms with Gasteiger partial charge in [0.1, 0.15) is 0 Å². The molecule has 4 rings (SSSR count). The van der Waals surface area contributed by atoms with E-state index in [-0.39, 0.29) is 17.9 Å². The van der Waals surface area contributed by atoms with Crippen molar-refractivity contribution in [1.29, 1.82) is 5.26 Å². The normalized spacial score (nSPS) is 25.8. The van der Waals surface area contributed by atoms with Crippen LogP contribution in [0.2, 0.25) is 0 Å². The maximum atomic E-state index is 12.6. The molecule has 24 heavy (non-hydrogen) atoms. The SMILES string of the molecule is N#Cc1ccc(-n2ccc(C(=O)CN3[C@@H]4CC[C@@H]3[C@H](O)C4)c2)cc1. The third kappa shape index (κ3) is 2.54. The lowest BCUT2D eigenvalue weighted by Crippen LogP contribution is -2.36. The summed E-state index contributed by atoms with van der Waals surface area (Å²) in [5.74, 6) is 0.0911. The summed E-state index contributed by atoms with van der Waals surface area (Å²) in [5.41, 5.74) is 2.22. The molecule has 1 N–H and O–H groups in total. The molecule has 2 saturated heterocycles. The first kappa shape index (κ1) is 15.1. The van der Waals surface area contributed by atoms with Gasteiger partial charge in [0.15, 0.2) is 5.78 Å². The standard InChI is InChI=1S/C19H19N3O2/c20-10-13-1-3-15(4-2-13)21-8-7-14(11-21)19(24)12-22-16-5-6-17(22)18(23)9-16/h1-4,7-8,11,16-18,23H,5-6,9,12H2/t16-,17-,18-/m1/s1. The summed E-state index contributed by atoms with van der Waals surface area (Å²) >= 11 is 0. The van der Waals surface area contributed by atoms with E-state index in [4.69, 9.17) is 5.26 Å². The van der Waals surface area contributed by atoms with Crippen LogP contribution in [-0.2, 0) is 0 Å². The number of ketones is 1. The summed E-state index contributed by atoms with van der Waals surface area (Å²) in [7, 11) is 0. The first-order valence-corrected chi connectivity index (χ1v) is 8.31. The summed E-state index contributed by atoms with van der Waals surface area (Å²) in [5, 5.41) is 18.8. The van der Waals surface area contributed by atoms with Crippen molar-refractivity contribution in [1.82, 2.24) is 9.47 Å². The average molecular weight is 321 g/mol. The molecule has 0 radical (unpaired) electrons. The zero-order valence-electron chi connectivity index (χ0n) is 13.3. The molecule has 0 saturated carbocycles. The van der Waals surface area contributed by atoms with Gasteiger partial charge < -0.3 is 9.67 Å². The van der Waals surface area contributed by atoms with E-state index in [0.717, 1.165) is 24.9 Å². The zero-order valence-corrected chi connectivity index (χ0v) is 13.3. The van der Waals surface area contributed by atoms with Gasteiger partial charge in [-0.05, 0) is 49.6 Å². The van der Waals surface area contributed by atoms with E-state index in [1.54, 1.807) is 12.1 Å². The largest absolute Gasteiger partial charge is 0.391 e. The fourth-order valence-electron chi connectivity index (χ4n) is 4.00. The number of hydrogen-bond donors (Lipinski definition) is 1. The van der Waals surface area contributed by atoms with Gasteiger partial charge >= 0.3 is 0 Å². The summed E-state index contributed by atoms with van der Waals surface area (Å²) < 4.78 is 1.89. The molecule has 0 unspecified atom stereocenters. The highest BCUT2D eigenvalue weighted by Gasteiger charge is 2.45. The molecular formula is C19H19N3O2. The molecule has 1 aromatic heterocycles. The quantitative estimate of drug-likeness (QED) is 0.876. The topological polar surface area (TPSA) is 69.3 Å². The second kappa shape index (κ2) is 5.90.